The monoisotopic (exact) mass is 579 g/mol. The maximum atomic E-state index is 13.4. The summed E-state index contributed by atoms with van der Waals surface area (Å²) in [5.74, 6) is -3.24. The Labute approximate surface area is 245 Å². The fourth-order valence-corrected chi connectivity index (χ4v) is 4.73. The highest BCUT2D eigenvalue weighted by Gasteiger charge is 2.32. The number of aromatic amines is 1. The molecular formula is C31H41N5O6. The first-order valence-electron chi connectivity index (χ1n) is 14.1. The van der Waals surface area contributed by atoms with E-state index in [0.29, 0.717) is 12.0 Å². The minimum absolute atomic E-state index is 0.0134. The van der Waals surface area contributed by atoms with Crippen molar-refractivity contribution >= 4 is 34.6 Å². The van der Waals surface area contributed by atoms with Crippen LogP contribution in [0.15, 0.2) is 54.7 Å². The van der Waals surface area contributed by atoms with Crippen molar-refractivity contribution < 1.29 is 29.4 Å². The molecular weight excluding hydrogens is 538 g/mol. The Morgan fingerprint density at radius 3 is 2.10 bits per heavy atom. The average molecular weight is 580 g/mol. The highest BCUT2D eigenvalue weighted by atomic mass is 16.4. The van der Waals surface area contributed by atoms with Gasteiger partial charge in [0.2, 0.25) is 17.7 Å². The third-order valence-electron chi connectivity index (χ3n) is 7.03. The normalized spacial score (nSPS) is 14.3. The molecule has 0 aliphatic heterocycles. The van der Waals surface area contributed by atoms with Gasteiger partial charge in [-0.25, -0.2) is 4.79 Å². The topological polar surface area (TPSA) is 187 Å². The predicted molar refractivity (Wildman–Crippen MR) is 160 cm³/mol. The summed E-state index contributed by atoms with van der Waals surface area (Å²) in [6, 6.07) is 9.53. The van der Waals surface area contributed by atoms with Gasteiger partial charge in [0.05, 0.1) is 6.04 Å². The largest absolute Gasteiger partial charge is 0.508 e. The van der Waals surface area contributed by atoms with Gasteiger partial charge in [-0.1, -0.05) is 58.0 Å². The fraction of sp³-hybridized carbons (Fsp3) is 0.419. The highest BCUT2D eigenvalue weighted by molar-refractivity contribution is 5.94. The number of aromatic hydroxyl groups is 1. The van der Waals surface area contributed by atoms with Crippen molar-refractivity contribution in [1.29, 1.82) is 0 Å². The molecule has 8 N–H and O–H groups in total. The second-order valence-corrected chi connectivity index (χ2v) is 11.4. The van der Waals surface area contributed by atoms with Gasteiger partial charge in [-0.3, -0.25) is 14.4 Å². The lowest BCUT2D eigenvalue weighted by Crippen LogP contribution is -2.59. The Bertz CT molecular complexity index is 1380. The lowest BCUT2D eigenvalue weighted by molar-refractivity contribution is -0.142. The molecule has 0 bridgehead atoms. The van der Waals surface area contributed by atoms with Gasteiger partial charge in [0.1, 0.15) is 23.9 Å². The number of phenols is 1. The Hall–Kier alpha value is -4.38. The number of nitrogens with two attached hydrogens (primary N) is 1. The maximum absolute atomic E-state index is 13.4. The zero-order valence-corrected chi connectivity index (χ0v) is 24.4. The molecule has 1 heterocycles. The Kier molecular flexibility index (Phi) is 11.1. The molecule has 0 radical (unpaired) electrons. The number of fused-ring (bicyclic) bond motifs is 1. The van der Waals surface area contributed by atoms with Crippen LogP contribution in [0.3, 0.4) is 0 Å². The summed E-state index contributed by atoms with van der Waals surface area (Å²) in [6.07, 6.45) is 2.37. The van der Waals surface area contributed by atoms with Crippen LogP contribution >= 0.6 is 0 Å². The van der Waals surface area contributed by atoms with E-state index in [0.717, 1.165) is 16.5 Å². The molecule has 11 heteroatoms. The van der Waals surface area contributed by atoms with E-state index >= 15 is 0 Å². The summed E-state index contributed by atoms with van der Waals surface area (Å²) < 4.78 is 0. The second-order valence-electron chi connectivity index (χ2n) is 11.4. The summed E-state index contributed by atoms with van der Waals surface area (Å²) in [7, 11) is 0. The van der Waals surface area contributed by atoms with E-state index in [1.807, 2.05) is 44.3 Å². The summed E-state index contributed by atoms with van der Waals surface area (Å²) in [5.41, 5.74) is 8.66. The van der Waals surface area contributed by atoms with E-state index in [1.54, 1.807) is 26.0 Å². The molecule has 0 aliphatic carbocycles. The number of amides is 3. The van der Waals surface area contributed by atoms with Gasteiger partial charge >= 0.3 is 5.97 Å². The van der Waals surface area contributed by atoms with E-state index < -0.39 is 47.9 Å². The van der Waals surface area contributed by atoms with Crippen molar-refractivity contribution in [2.45, 2.75) is 71.1 Å². The molecule has 0 saturated carbocycles. The number of rotatable bonds is 14. The minimum Gasteiger partial charge on any atom is -0.508 e. The third kappa shape index (κ3) is 8.81. The number of benzene rings is 2. The van der Waals surface area contributed by atoms with E-state index in [-0.39, 0.29) is 30.4 Å². The number of carboxylic acids is 1. The molecule has 3 aromatic rings. The lowest BCUT2D eigenvalue weighted by Gasteiger charge is -2.27. The summed E-state index contributed by atoms with van der Waals surface area (Å²) in [4.78, 5) is 54.8. The van der Waals surface area contributed by atoms with Gasteiger partial charge < -0.3 is 36.9 Å². The zero-order valence-electron chi connectivity index (χ0n) is 24.4. The van der Waals surface area contributed by atoms with Crippen LogP contribution in [-0.4, -0.2) is 63.1 Å². The molecule has 1 aromatic heterocycles. The van der Waals surface area contributed by atoms with E-state index in [9.17, 15) is 29.4 Å². The number of phenolic OH excluding ortho intramolecular Hbond substituents is 1. The van der Waals surface area contributed by atoms with Gasteiger partial charge in [0, 0.05) is 23.5 Å². The van der Waals surface area contributed by atoms with Gasteiger partial charge in [-0.2, -0.15) is 0 Å². The van der Waals surface area contributed by atoms with Crippen LogP contribution in [0, 0.1) is 11.8 Å². The van der Waals surface area contributed by atoms with Crippen LogP contribution < -0.4 is 21.7 Å². The number of aliphatic carboxylic acids is 1. The highest BCUT2D eigenvalue weighted by Crippen LogP contribution is 2.19. The van der Waals surface area contributed by atoms with Crippen molar-refractivity contribution in [3.63, 3.8) is 0 Å². The van der Waals surface area contributed by atoms with Crippen molar-refractivity contribution in [3.8, 4) is 5.75 Å². The molecule has 0 spiro atoms. The number of para-hydroxylation sites is 1. The van der Waals surface area contributed by atoms with Crippen LogP contribution in [0.4, 0.5) is 0 Å². The molecule has 4 unspecified atom stereocenters. The number of carbonyl (C=O) groups is 4. The van der Waals surface area contributed by atoms with Crippen molar-refractivity contribution in [2.75, 3.05) is 0 Å². The number of nitrogens with one attached hydrogen (secondary N) is 4. The fourth-order valence-electron chi connectivity index (χ4n) is 4.73. The molecule has 3 amide bonds. The Morgan fingerprint density at radius 2 is 1.48 bits per heavy atom. The van der Waals surface area contributed by atoms with Crippen LogP contribution in [0.1, 0.15) is 45.2 Å². The molecule has 11 nitrogen and oxygen atoms in total. The molecule has 226 valence electrons. The maximum Gasteiger partial charge on any atom is 0.326 e. The molecule has 3 rings (SSSR count). The minimum atomic E-state index is -1.26. The SMILES string of the molecule is CC(C)CC(NC(=O)C(N)Cc1c[nH]c2ccccc12)C(=O)NC(C(=O)NC(Cc1ccc(O)cc1)C(=O)O)C(C)C. The first-order chi connectivity index (χ1) is 19.8. The van der Waals surface area contributed by atoms with Crippen LogP contribution in [0.5, 0.6) is 5.75 Å². The van der Waals surface area contributed by atoms with Crippen molar-refractivity contribution in [3.05, 3.63) is 65.9 Å². The average Bonchev–Trinajstić information content (AvgIpc) is 3.33. The number of carboxylic acid groups (broad SMARTS) is 1. The number of hydrogen-bond donors (Lipinski definition) is 7. The van der Waals surface area contributed by atoms with E-state index in [1.165, 1.54) is 12.1 Å². The van der Waals surface area contributed by atoms with Gasteiger partial charge in [-0.05, 0) is 54.0 Å². The Morgan fingerprint density at radius 1 is 0.833 bits per heavy atom. The van der Waals surface area contributed by atoms with Gasteiger partial charge in [-0.15, -0.1) is 0 Å². The summed E-state index contributed by atoms with van der Waals surface area (Å²) >= 11 is 0. The Balaban J connectivity index is 1.68. The molecule has 0 saturated heterocycles. The predicted octanol–water partition coefficient (Wildman–Crippen LogP) is 2.23. The summed E-state index contributed by atoms with van der Waals surface area (Å²) in [5, 5.41) is 28.2. The molecule has 2 aromatic carbocycles. The lowest BCUT2D eigenvalue weighted by atomic mass is 9.98. The number of aromatic nitrogens is 1. The number of hydrogen-bond acceptors (Lipinski definition) is 6. The zero-order chi connectivity index (χ0) is 31.0. The quantitative estimate of drug-likeness (QED) is 0.152. The smallest absolute Gasteiger partial charge is 0.326 e. The van der Waals surface area contributed by atoms with E-state index in [2.05, 4.69) is 20.9 Å². The summed E-state index contributed by atoms with van der Waals surface area (Å²) in [6.45, 7) is 7.28. The first kappa shape index (κ1) is 32.1. The molecule has 42 heavy (non-hydrogen) atoms. The standard InChI is InChI=1S/C31H41N5O6/c1-17(2)13-25(34-28(38)23(32)15-20-16-33-24-8-6-5-7-22(20)24)29(39)36-27(18(3)4)30(40)35-26(31(41)42)14-19-9-11-21(37)12-10-19/h5-12,16-18,23,25-27,33,37H,13-15,32H2,1-4H3,(H,34,38)(H,35,40)(H,36,39)(H,41,42). The van der Waals surface area contributed by atoms with Crippen LogP contribution in [0.25, 0.3) is 10.9 Å². The second kappa shape index (κ2) is 14.5. The van der Waals surface area contributed by atoms with Gasteiger partial charge in [0.15, 0.2) is 0 Å². The molecule has 0 aliphatic rings. The third-order valence-corrected chi connectivity index (χ3v) is 7.03. The number of carbonyl (C=O) groups excluding carboxylic acids is 3. The van der Waals surface area contributed by atoms with Gasteiger partial charge in [0.25, 0.3) is 0 Å². The van der Waals surface area contributed by atoms with Crippen molar-refractivity contribution in [1.82, 2.24) is 20.9 Å². The van der Waals surface area contributed by atoms with E-state index in [4.69, 9.17) is 5.73 Å². The molecule has 4 atom stereocenters. The van der Waals surface area contributed by atoms with Crippen LogP contribution in [0.2, 0.25) is 0 Å². The van der Waals surface area contributed by atoms with Crippen LogP contribution in [-0.2, 0) is 32.0 Å². The number of H-pyrrole nitrogens is 1. The molecule has 0 fully saturated rings. The van der Waals surface area contributed by atoms with Crippen molar-refractivity contribution in [2.24, 2.45) is 17.6 Å². The first-order valence-corrected chi connectivity index (χ1v) is 14.1.